The quantitative estimate of drug-likeness (QED) is 0.101. The van der Waals surface area contributed by atoms with Crippen LogP contribution in [0.15, 0.2) is 100 Å². The molecule has 0 fully saturated rings. The Morgan fingerprint density at radius 3 is 2.59 bits per heavy atom. The number of methoxy groups -OCH3 is 1. The summed E-state index contributed by atoms with van der Waals surface area (Å²) in [4.78, 5) is 30.4. The van der Waals surface area contributed by atoms with Crippen molar-refractivity contribution in [2.24, 2.45) is 4.99 Å². The predicted octanol–water partition coefficient (Wildman–Crippen LogP) is 7.07. The number of thiazole rings is 1. The molecule has 1 atom stereocenters. The number of fused-ring (bicyclic) bond motifs is 3. The molecule has 0 N–H and O–H groups in total. The number of nitro benzene ring substituents is 1. The molecule has 7 rings (SSSR count). The van der Waals surface area contributed by atoms with Gasteiger partial charge in [0.15, 0.2) is 16.3 Å². The normalized spacial score (nSPS) is 15.5. The van der Waals surface area contributed by atoms with E-state index in [1.165, 1.54) is 29.0 Å². The van der Waals surface area contributed by atoms with Crippen molar-refractivity contribution in [3.8, 4) is 11.5 Å². The minimum absolute atomic E-state index is 0.0232. The number of hydrogen-bond donors (Lipinski definition) is 0. The first-order valence-corrected chi connectivity index (χ1v) is 16.7. The Kier molecular flexibility index (Phi) is 8.26. The predicted molar refractivity (Wildman–Crippen MR) is 187 cm³/mol. The maximum atomic E-state index is 14.2. The number of nitrogens with zero attached hydrogens (tertiary/aromatic N) is 3. The SMILES string of the molecule is COc1cc(/C=c2\sc3n(c2=O)[C@@H](c2ccc(Cl)cc2)C2=C(N=3)c3ccccc3CC2)cc(I)c1OCc1ccc([N+](=O)[O-])cc1. The van der Waals surface area contributed by atoms with Crippen LogP contribution in [-0.2, 0) is 13.0 Å². The highest BCUT2D eigenvalue weighted by Crippen LogP contribution is 2.41. The van der Waals surface area contributed by atoms with Gasteiger partial charge in [0.2, 0.25) is 0 Å². The van der Waals surface area contributed by atoms with Gasteiger partial charge in [0.1, 0.15) is 6.61 Å². The monoisotopic (exact) mass is 761 g/mol. The number of ether oxygens (including phenoxy) is 2. The third kappa shape index (κ3) is 5.65. The molecule has 230 valence electrons. The molecule has 8 nitrogen and oxygen atoms in total. The van der Waals surface area contributed by atoms with Gasteiger partial charge >= 0.3 is 0 Å². The van der Waals surface area contributed by atoms with E-state index in [4.69, 9.17) is 26.1 Å². The molecule has 1 aliphatic carbocycles. The number of rotatable bonds is 7. The van der Waals surface area contributed by atoms with Crippen LogP contribution in [0, 0.1) is 13.7 Å². The van der Waals surface area contributed by atoms with E-state index in [0.717, 1.165) is 49.9 Å². The van der Waals surface area contributed by atoms with Gasteiger partial charge in [-0.15, -0.1) is 0 Å². The zero-order valence-corrected chi connectivity index (χ0v) is 28.1. The largest absolute Gasteiger partial charge is 0.493 e. The molecule has 0 unspecified atom stereocenters. The standard InChI is InChI=1S/C35H25ClIN3O5S/c1-44-29-17-21(16-28(37)33(29)45-19-20-6-13-25(14-7-20)40(42)43)18-30-34(41)39-32(23-8-11-24(36)12-9-23)27-15-10-22-4-2-3-5-26(22)31(27)38-35(39)46-30/h2-9,11-14,16-18,32H,10,15,19H2,1H3/b30-18-/t32-/m0/s1. The number of non-ortho nitro benzene ring substituents is 1. The average Bonchev–Trinajstić information content (AvgIpc) is 3.37. The minimum atomic E-state index is -0.433. The molecular formula is C35H25ClIN3O5S. The summed E-state index contributed by atoms with van der Waals surface area (Å²) in [6.07, 6.45) is 3.56. The fourth-order valence-corrected chi connectivity index (χ4v) is 7.86. The fraction of sp³-hybridized carbons (Fsp3) is 0.143. The number of halogens is 2. The summed E-state index contributed by atoms with van der Waals surface area (Å²) in [7, 11) is 1.57. The Hall–Kier alpha value is -4.26. The number of aryl methyl sites for hydroxylation is 1. The van der Waals surface area contributed by atoms with Gasteiger partial charge in [-0.2, -0.15) is 0 Å². The number of benzene rings is 4. The first kappa shape index (κ1) is 30.4. The summed E-state index contributed by atoms with van der Waals surface area (Å²) in [5.41, 5.74) is 6.92. The Morgan fingerprint density at radius 1 is 1.09 bits per heavy atom. The molecule has 46 heavy (non-hydrogen) atoms. The Labute approximate surface area is 286 Å². The van der Waals surface area contributed by atoms with Gasteiger partial charge in [-0.05, 0) is 106 Å². The topological polar surface area (TPSA) is 96.0 Å². The summed E-state index contributed by atoms with van der Waals surface area (Å²) in [5.74, 6) is 1.06. The van der Waals surface area contributed by atoms with E-state index in [1.54, 1.807) is 19.2 Å². The molecule has 1 aliphatic heterocycles. The van der Waals surface area contributed by atoms with Crippen molar-refractivity contribution >= 4 is 63.0 Å². The van der Waals surface area contributed by atoms with E-state index < -0.39 is 4.92 Å². The van der Waals surface area contributed by atoms with Crippen molar-refractivity contribution in [3.05, 3.63) is 157 Å². The second-order valence-corrected chi connectivity index (χ2v) is 13.5. The molecule has 0 radical (unpaired) electrons. The third-order valence-electron chi connectivity index (χ3n) is 8.14. The molecule has 0 spiro atoms. The first-order valence-electron chi connectivity index (χ1n) is 14.4. The van der Waals surface area contributed by atoms with Crippen LogP contribution in [0.5, 0.6) is 11.5 Å². The molecule has 11 heteroatoms. The van der Waals surface area contributed by atoms with E-state index in [2.05, 4.69) is 40.8 Å². The van der Waals surface area contributed by atoms with Gasteiger partial charge in [0.05, 0.1) is 31.9 Å². The first-order chi connectivity index (χ1) is 22.3. The van der Waals surface area contributed by atoms with Crippen LogP contribution in [0.25, 0.3) is 11.8 Å². The van der Waals surface area contributed by atoms with Crippen LogP contribution in [0.4, 0.5) is 5.69 Å². The molecule has 2 aliphatic rings. The maximum absolute atomic E-state index is 14.2. The van der Waals surface area contributed by atoms with Crippen LogP contribution in [-0.4, -0.2) is 16.6 Å². The Morgan fingerprint density at radius 2 is 1.85 bits per heavy atom. The van der Waals surface area contributed by atoms with Crippen molar-refractivity contribution in [1.29, 1.82) is 0 Å². The van der Waals surface area contributed by atoms with Crippen molar-refractivity contribution in [2.75, 3.05) is 7.11 Å². The summed E-state index contributed by atoms with van der Waals surface area (Å²) in [6, 6.07) is 25.8. The van der Waals surface area contributed by atoms with Crippen LogP contribution >= 0.6 is 45.5 Å². The molecule has 0 amide bonds. The van der Waals surface area contributed by atoms with Gasteiger partial charge in [-0.3, -0.25) is 19.5 Å². The zero-order chi connectivity index (χ0) is 31.9. The molecule has 0 bridgehead atoms. The summed E-state index contributed by atoms with van der Waals surface area (Å²) in [6.45, 7) is 0.209. The summed E-state index contributed by atoms with van der Waals surface area (Å²) >= 11 is 9.81. The van der Waals surface area contributed by atoms with E-state index in [-0.39, 0.29) is 23.9 Å². The Bertz CT molecular complexity index is 2230. The third-order valence-corrected chi connectivity index (χ3v) is 10.2. The van der Waals surface area contributed by atoms with E-state index in [0.29, 0.717) is 25.9 Å². The second kappa shape index (κ2) is 12.5. The smallest absolute Gasteiger partial charge is 0.271 e. The molecular weight excluding hydrogens is 737 g/mol. The highest BCUT2D eigenvalue weighted by atomic mass is 127. The number of hydrogen-bond acceptors (Lipinski definition) is 7. The van der Waals surface area contributed by atoms with E-state index in [1.807, 2.05) is 53.1 Å². The fourth-order valence-electron chi connectivity index (χ4n) is 5.95. The van der Waals surface area contributed by atoms with Crippen molar-refractivity contribution in [2.45, 2.75) is 25.5 Å². The van der Waals surface area contributed by atoms with Gasteiger partial charge in [-0.1, -0.05) is 59.3 Å². The second-order valence-electron chi connectivity index (χ2n) is 10.9. The van der Waals surface area contributed by atoms with Gasteiger partial charge < -0.3 is 9.47 Å². The molecule has 0 saturated heterocycles. The summed E-state index contributed by atoms with van der Waals surface area (Å²) < 4.78 is 14.9. The minimum Gasteiger partial charge on any atom is -0.493 e. The van der Waals surface area contributed by atoms with Crippen LogP contribution in [0.2, 0.25) is 5.02 Å². The van der Waals surface area contributed by atoms with Crippen molar-refractivity contribution in [3.63, 3.8) is 0 Å². The molecule has 0 saturated carbocycles. The van der Waals surface area contributed by atoms with E-state index >= 15 is 0 Å². The lowest BCUT2D eigenvalue weighted by Crippen LogP contribution is -2.38. The molecule has 2 heterocycles. The molecule has 5 aromatic rings. The highest BCUT2D eigenvalue weighted by molar-refractivity contribution is 14.1. The van der Waals surface area contributed by atoms with Crippen molar-refractivity contribution in [1.82, 2.24) is 4.57 Å². The maximum Gasteiger partial charge on any atom is 0.271 e. The lowest BCUT2D eigenvalue weighted by Gasteiger charge is -2.30. The van der Waals surface area contributed by atoms with Crippen LogP contribution in [0.1, 0.15) is 40.3 Å². The summed E-state index contributed by atoms with van der Waals surface area (Å²) in [5, 5.41) is 11.6. The molecule has 4 aromatic carbocycles. The number of nitro groups is 1. The van der Waals surface area contributed by atoms with E-state index in [9.17, 15) is 14.9 Å². The van der Waals surface area contributed by atoms with Gasteiger partial charge in [-0.25, -0.2) is 4.99 Å². The van der Waals surface area contributed by atoms with Crippen molar-refractivity contribution < 1.29 is 14.4 Å². The van der Waals surface area contributed by atoms with Crippen LogP contribution < -0.4 is 24.4 Å². The molecule has 1 aromatic heterocycles. The lowest BCUT2D eigenvalue weighted by atomic mass is 9.83. The highest BCUT2D eigenvalue weighted by Gasteiger charge is 2.32. The van der Waals surface area contributed by atoms with Gasteiger partial charge in [0, 0.05) is 22.7 Å². The number of allylic oxidation sites excluding steroid dienone is 1. The lowest BCUT2D eigenvalue weighted by molar-refractivity contribution is -0.384. The van der Waals surface area contributed by atoms with Crippen LogP contribution in [0.3, 0.4) is 0 Å². The number of aromatic nitrogens is 1. The average molecular weight is 762 g/mol. The Balaban J connectivity index is 1.28. The zero-order valence-electron chi connectivity index (χ0n) is 24.4. The van der Waals surface area contributed by atoms with Gasteiger partial charge in [0.25, 0.3) is 11.2 Å².